The van der Waals surface area contributed by atoms with E-state index >= 15 is 0 Å². The first-order valence-corrected chi connectivity index (χ1v) is 4.85. The fourth-order valence-electron chi connectivity index (χ4n) is 1.36. The van der Waals surface area contributed by atoms with Crippen molar-refractivity contribution in [1.82, 2.24) is 4.98 Å². The Kier molecular flexibility index (Phi) is 4.51. The molecule has 6 heteroatoms. The molecule has 0 saturated carbocycles. The van der Waals surface area contributed by atoms with Gasteiger partial charge in [-0.2, -0.15) is 5.26 Å². The summed E-state index contributed by atoms with van der Waals surface area (Å²) in [7, 11) is 0. The summed E-state index contributed by atoms with van der Waals surface area (Å²) in [6.45, 7) is 0.565. The quantitative estimate of drug-likeness (QED) is 0.609. The third-order valence-corrected chi connectivity index (χ3v) is 2.06. The van der Waals surface area contributed by atoms with Gasteiger partial charge in [-0.3, -0.25) is 0 Å². The van der Waals surface area contributed by atoms with Gasteiger partial charge in [0.2, 0.25) is 0 Å². The van der Waals surface area contributed by atoms with Crippen LogP contribution in [0.4, 0.5) is 11.5 Å². The average molecular weight is 222 g/mol. The zero-order chi connectivity index (χ0) is 12.0. The van der Waals surface area contributed by atoms with Crippen LogP contribution in [0.15, 0.2) is 12.3 Å². The third kappa shape index (κ3) is 2.82. The fraction of sp³-hybridized carbons (Fsp3) is 0.400. The van der Waals surface area contributed by atoms with Gasteiger partial charge in [-0.1, -0.05) is 0 Å². The molecule has 0 radical (unpaired) electrons. The van der Waals surface area contributed by atoms with Crippen LogP contribution in [0.1, 0.15) is 5.56 Å². The summed E-state index contributed by atoms with van der Waals surface area (Å²) < 4.78 is 0. The number of aliphatic hydroxyl groups is 2. The van der Waals surface area contributed by atoms with Gasteiger partial charge in [0.1, 0.15) is 6.07 Å². The number of hydrogen-bond acceptors (Lipinski definition) is 6. The lowest BCUT2D eigenvalue weighted by Crippen LogP contribution is -2.31. The van der Waals surface area contributed by atoms with Crippen molar-refractivity contribution < 1.29 is 10.2 Å². The van der Waals surface area contributed by atoms with Crippen molar-refractivity contribution in [2.45, 2.75) is 0 Å². The number of nitriles is 1. The molecule has 0 amide bonds. The largest absolute Gasteiger partial charge is 0.396 e. The minimum Gasteiger partial charge on any atom is -0.396 e. The number of aliphatic hydroxyl groups excluding tert-OH is 2. The van der Waals surface area contributed by atoms with Crippen LogP contribution in [-0.4, -0.2) is 41.5 Å². The maximum Gasteiger partial charge on any atom is 0.152 e. The van der Waals surface area contributed by atoms with Gasteiger partial charge >= 0.3 is 0 Å². The Balaban J connectivity index is 2.96. The van der Waals surface area contributed by atoms with Crippen LogP contribution >= 0.6 is 0 Å². The number of hydrogen-bond donors (Lipinski definition) is 3. The Morgan fingerprint density at radius 1 is 1.38 bits per heavy atom. The van der Waals surface area contributed by atoms with Crippen LogP contribution < -0.4 is 10.6 Å². The van der Waals surface area contributed by atoms with Crippen LogP contribution in [0.25, 0.3) is 0 Å². The van der Waals surface area contributed by atoms with Gasteiger partial charge in [0.15, 0.2) is 5.82 Å². The summed E-state index contributed by atoms with van der Waals surface area (Å²) in [5.74, 6) is 0.474. The van der Waals surface area contributed by atoms with E-state index in [1.165, 1.54) is 12.3 Å². The topological polar surface area (TPSA) is 106 Å². The number of pyridine rings is 1. The highest BCUT2D eigenvalue weighted by Gasteiger charge is 2.10. The second kappa shape index (κ2) is 5.90. The van der Waals surface area contributed by atoms with E-state index in [-0.39, 0.29) is 13.2 Å². The summed E-state index contributed by atoms with van der Waals surface area (Å²) in [4.78, 5) is 5.71. The Labute approximate surface area is 93.6 Å². The molecule has 1 heterocycles. The van der Waals surface area contributed by atoms with Gasteiger partial charge in [0.05, 0.1) is 24.5 Å². The molecule has 0 bridgehead atoms. The molecular weight excluding hydrogens is 208 g/mol. The lowest BCUT2D eigenvalue weighted by atomic mass is 10.2. The first-order valence-electron chi connectivity index (χ1n) is 4.85. The normalized spacial score (nSPS) is 9.81. The molecule has 1 aromatic heterocycles. The molecule has 6 nitrogen and oxygen atoms in total. The van der Waals surface area contributed by atoms with Gasteiger partial charge in [-0.05, 0) is 6.07 Å². The minimum absolute atomic E-state index is 0.0544. The molecule has 1 rings (SSSR count). The summed E-state index contributed by atoms with van der Waals surface area (Å²) in [6, 6.07) is 3.46. The summed E-state index contributed by atoms with van der Waals surface area (Å²) in [6.07, 6.45) is 1.41. The van der Waals surface area contributed by atoms with E-state index in [1.807, 2.05) is 6.07 Å². The minimum atomic E-state index is -0.0544. The maximum absolute atomic E-state index is 8.87. The van der Waals surface area contributed by atoms with E-state index in [2.05, 4.69) is 4.98 Å². The lowest BCUT2D eigenvalue weighted by Gasteiger charge is -2.22. The second-order valence-electron chi connectivity index (χ2n) is 3.18. The molecule has 16 heavy (non-hydrogen) atoms. The zero-order valence-corrected chi connectivity index (χ0v) is 8.80. The predicted octanol–water partition coefficient (Wildman–Crippen LogP) is -0.674. The number of anilines is 2. The van der Waals surface area contributed by atoms with Gasteiger partial charge in [0, 0.05) is 19.3 Å². The number of rotatable bonds is 5. The molecule has 0 aliphatic carbocycles. The van der Waals surface area contributed by atoms with E-state index in [1.54, 1.807) is 4.90 Å². The van der Waals surface area contributed by atoms with Crippen molar-refractivity contribution in [2.24, 2.45) is 0 Å². The number of nitrogens with zero attached hydrogens (tertiary/aromatic N) is 3. The Morgan fingerprint density at radius 3 is 2.44 bits per heavy atom. The highest BCUT2D eigenvalue weighted by Crippen LogP contribution is 2.20. The van der Waals surface area contributed by atoms with Crippen molar-refractivity contribution in [3.63, 3.8) is 0 Å². The van der Waals surface area contributed by atoms with Crippen LogP contribution in [-0.2, 0) is 0 Å². The molecule has 0 saturated heterocycles. The smallest absolute Gasteiger partial charge is 0.152 e. The molecule has 0 aliphatic heterocycles. The first-order chi connectivity index (χ1) is 7.72. The summed E-state index contributed by atoms with van der Waals surface area (Å²) >= 11 is 0. The van der Waals surface area contributed by atoms with Crippen molar-refractivity contribution >= 4 is 11.5 Å². The highest BCUT2D eigenvalue weighted by atomic mass is 16.3. The Hall–Kier alpha value is -1.84. The molecule has 0 atom stereocenters. The number of nitrogens with two attached hydrogens (primary N) is 1. The Bertz CT molecular complexity index is 383. The van der Waals surface area contributed by atoms with Crippen LogP contribution in [0.3, 0.4) is 0 Å². The van der Waals surface area contributed by atoms with Crippen LogP contribution in [0.2, 0.25) is 0 Å². The molecule has 0 aromatic carbocycles. The Morgan fingerprint density at radius 2 is 2.00 bits per heavy atom. The van der Waals surface area contributed by atoms with E-state index < -0.39 is 0 Å². The second-order valence-corrected chi connectivity index (χ2v) is 3.18. The molecule has 0 spiro atoms. The van der Waals surface area contributed by atoms with Crippen molar-refractivity contribution in [1.29, 1.82) is 5.26 Å². The predicted molar refractivity (Wildman–Crippen MR) is 59.7 cm³/mol. The molecule has 1 aromatic rings. The van der Waals surface area contributed by atoms with E-state index in [0.717, 1.165) is 0 Å². The van der Waals surface area contributed by atoms with Gasteiger partial charge in [-0.15, -0.1) is 0 Å². The standard InChI is InChI=1S/C10H14N4O2/c11-6-8-5-9(12)10(13-7-8)14(1-3-15)2-4-16/h5,7,15-16H,1-4,12H2. The van der Waals surface area contributed by atoms with Crippen LogP contribution in [0.5, 0.6) is 0 Å². The number of aromatic nitrogens is 1. The van der Waals surface area contributed by atoms with Gasteiger partial charge < -0.3 is 20.8 Å². The maximum atomic E-state index is 8.87. The summed E-state index contributed by atoms with van der Waals surface area (Å²) in [5.41, 5.74) is 6.49. The molecule has 86 valence electrons. The molecule has 0 fully saturated rings. The van der Waals surface area contributed by atoms with Crippen molar-refractivity contribution in [3.8, 4) is 6.07 Å². The average Bonchev–Trinajstić information content (AvgIpc) is 2.29. The van der Waals surface area contributed by atoms with Crippen molar-refractivity contribution in [2.75, 3.05) is 36.9 Å². The molecule has 4 N–H and O–H groups in total. The van der Waals surface area contributed by atoms with E-state index in [0.29, 0.717) is 30.2 Å². The molecule has 0 aliphatic rings. The zero-order valence-electron chi connectivity index (χ0n) is 8.80. The first kappa shape index (κ1) is 12.2. The monoisotopic (exact) mass is 222 g/mol. The van der Waals surface area contributed by atoms with E-state index in [4.69, 9.17) is 21.2 Å². The SMILES string of the molecule is N#Cc1cnc(N(CCO)CCO)c(N)c1. The van der Waals surface area contributed by atoms with E-state index in [9.17, 15) is 0 Å². The molecule has 0 unspecified atom stereocenters. The highest BCUT2D eigenvalue weighted by molar-refractivity contribution is 5.64. The van der Waals surface area contributed by atoms with Gasteiger partial charge in [0.25, 0.3) is 0 Å². The number of nitrogen functional groups attached to an aromatic ring is 1. The van der Waals surface area contributed by atoms with Crippen molar-refractivity contribution in [3.05, 3.63) is 17.8 Å². The molecular formula is C10H14N4O2. The fourth-order valence-corrected chi connectivity index (χ4v) is 1.36. The summed E-state index contributed by atoms with van der Waals surface area (Å²) in [5, 5.41) is 26.4. The lowest BCUT2D eigenvalue weighted by molar-refractivity contribution is 0.281. The third-order valence-electron chi connectivity index (χ3n) is 2.06. The van der Waals surface area contributed by atoms with Crippen LogP contribution in [0, 0.1) is 11.3 Å². The van der Waals surface area contributed by atoms with Gasteiger partial charge in [-0.25, -0.2) is 4.98 Å².